The second-order valence-corrected chi connectivity index (χ2v) is 4.10. The Balaban J connectivity index is 2.91. The van der Waals surface area contributed by atoms with Crippen LogP contribution in [-0.2, 0) is 0 Å². The zero-order chi connectivity index (χ0) is 9.59. The van der Waals surface area contributed by atoms with E-state index in [1.807, 2.05) is 13.0 Å². The lowest BCUT2D eigenvalue weighted by Gasteiger charge is -1.90. The standard InChI is InChI=1S/C8H8N2O2S/c1-4-3-6-7(13-4)10(5(2)11)8(12)9-6/h3H,1-2H3,(H,9,12). The number of rotatable bonds is 0. The molecule has 4 nitrogen and oxygen atoms in total. The third kappa shape index (κ3) is 1.12. The molecule has 0 spiro atoms. The second-order valence-electron chi connectivity index (χ2n) is 2.86. The lowest BCUT2D eigenvalue weighted by molar-refractivity contribution is 0.0938. The number of hydrogen-bond donors (Lipinski definition) is 1. The van der Waals surface area contributed by atoms with Gasteiger partial charge in [-0.05, 0) is 13.0 Å². The first-order chi connectivity index (χ1) is 6.09. The molecule has 0 saturated heterocycles. The van der Waals surface area contributed by atoms with Gasteiger partial charge in [-0.15, -0.1) is 11.3 Å². The molecule has 2 heterocycles. The van der Waals surface area contributed by atoms with E-state index >= 15 is 0 Å². The van der Waals surface area contributed by atoms with E-state index in [1.165, 1.54) is 18.3 Å². The summed E-state index contributed by atoms with van der Waals surface area (Å²) >= 11 is 1.44. The molecule has 0 bridgehead atoms. The SMILES string of the molecule is CC(=O)n1c(=O)[nH]c2cc(C)sc21. The van der Waals surface area contributed by atoms with Crippen LogP contribution in [0.25, 0.3) is 10.3 Å². The Hall–Kier alpha value is -1.36. The van der Waals surface area contributed by atoms with Crippen molar-refractivity contribution in [2.45, 2.75) is 13.8 Å². The van der Waals surface area contributed by atoms with Crippen molar-refractivity contribution >= 4 is 27.6 Å². The lowest BCUT2D eigenvalue weighted by atomic mass is 10.5. The van der Waals surface area contributed by atoms with Gasteiger partial charge in [0.1, 0.15) is 4.83 Å². The maximum absolute atomic E-state index is 11.2. The van der Waals surface area contributed by atoms with Crippen LogP contribution in [0.1, 0.15) is 16.6 Å². The highest BCUT2D eigenvalue weighted by molar-refractivity contribution is 7.18. The zero-order valence-corrected chi connectivity index (χ0v) is 8.07. The van der Waals surface area contributed by atoms with Crippen LogP contribution in [0.4, 0.5) is 0 Å². The fourth-order valence-corrected chi connectivity index (χ4v) is 2.31. The molecule has 2 aromatic heterocycles. The molecular formula is C8H8N2O2S. The summed E-state index contributed by atoms with van der Waals surface area (Å²) < 4.78 is 1.16. The van der Waals surface area contributed by atoms with Gasteiger partial charge in [0.2, 0.25) is 5.91 Å². The summed E-state index contributed by atoms with van der Waals surface area (Å²) in [6.45, 7) is 3.32. The van der Waals surface area contributed by atoms with Crippen molar-refractivity contribution in [2.24, 2.45) is 0 Å². The largest absolute Gasteiger partial charge is 0.334 e. The summed E-state index contributed by atoms with van der Waals surface area (Å²) in [6.07, 6.45) is 0. The average molecular weight is 196 g/mol. The summed E-state index contributed by atoms with van der Waals surface area (Å²) in [5.74, 6) is -0.252. The number of aromatic amines is 1. The zero-order valence-electron chi connectivity index (χ0n) is 7.25. The van der Waals surface area contributed by atoms with E-state index in [0.29, 0.717) is 4.83 Å². The Morgan fingerprint density at radius 2 is 2.31 bits per heavy atom. The van der Waals surface area contributed by atoms with E-state index in [4.69, 9.17) is 0 Å². The molecule has 1 N–H and O–H groups in total. The van der Waals surface area contributed by atoms with Crippen LogP contribution in [-0.4, -0.2) is 15.5 Å². The Kier molecular flexibility index (Phi) is 1.63. The van der Waals surface area contributed by atoms with Gasteiger partial charge in [0, 0.05) is 11.8 Å². The monoisotopic (exact) mass is 196 g/mol. The maximum atomic E-state index is 11.2. The Morgan fingerprint density at radius 1 is 1.62 bits per heavy atom. The molecule has 5 heteroatoms. The molecule has 0 radical (unpaired) electrons. The summed E-state index contributed by atoms with van der Waals surface area (Å²) in [6, 6.07) is 1.86. The average Bonchev–Trinajstić information content (AvgIpc) is 2.41. The smallest absolute Gasteiger partial charge is 0.304 e. The van der Waals surface area contributed by atoms with Gasteiger partial charge < -0.3 is 4.98 Å². The summed E-state index contributed by atoms with van der Waals surface area (Å²) in [5.41, 5.74) is 0.386. The number of imidazole rings is 1. The van der Waals surface area contributed by atoms with Gasteiger partial charge >= 0.3 is 5.69 Å². The molecule has 0 fully saturated rings. The first-order valence-electron chi connectivity index (χ1n) is 3.81. The first-order valence-corrected chi connectivity index (χ1v) is 4.63. The van der Waals surface area contributed by atoms with Gasteiger partial charge in [-0.2, -0.15) is 0 Å². The van der Waals surface area contributed by atoms with Gasteiger partial charge in [-0.3, -0.25) is 4.79 Å². The first kappa shape index (κ1) is 8.25. The second kappa shape index (κ2) is 2.56. The Labute approximate surface area is 77.8 Å². The lowest BCUT2D eigenvalue weighted by Crippen LogP contribution is -2.21. The Bertz CT molecular complexity index is 532. The van der Waals surface area contributed by atoms with Crippen LogP contribution < -0.4 is 5.69 Å². The number of carbonyl (C=O) groups excluding carboxylic acids is 1. The van der Waals surface area contributed by atoms with Crippen LogP contribution in [0.2, 0.25) is 0 Å². The number of nitrogens with one attached hydrogen (secondary N) is 1. The van der Waals surface area contributed by atoms with E-state index in [1.54, 1.807) is 0 Å². The van der Waals surface area contributed by atoms with Gasteiger partial charge in [0.25, 0.3) is 0 Å². The number of aromatic nitrogens is 2. The number of fused-ring (bicyclic) bond motifs is 1. The topological polar surface area (TPSA) is 54.9 Å². The molecule has 0 unspecified atom stereocenters. The predicted molar refractivity (Wildman–Crippen MR) is 51.5 cm³/mol. The summed E-state index contributed by atoms with van der Waals surface area (Å²) in [7, 11) is 0. The van der Waals surface area contributed by atoms with Crippen molar-refractivity contribution in [3.05, 3.63) is 21.4 Å². The maximum Gasteiger partial charge on any atom is 0.334 e. The summed E-state index contributed by atoms with van der Waals surface area (Å²) in [5, 5.41) is 0. The molecule has 13 heavy (non-hydrogen) atoms. The third-order valence-corrected chi connectivity index (χ3v) is 2.83. The highest BCUT2D eigenvalue weighted by atomic mass is 32.1. The molecule has 0 aliphatic heterocycles. The molecule has 0 aliphatic rings. The van der Waals surface area contributed by atoms with Crippen LogP contribution in [0.15, 0.2) is 10.9 Å². The number of hydrogen-bond acceptors (Lipinski definition) is 3. The predicted octanol–water partition coefficient (Wildman–Crippen LogP) is 1.36. The van der Waals surface area contributed by atoms with Crippen molar-refractivity contribution < 1.29 is 4.79 Å². The van der Waals surface area contributed by atoms with Crippen molar-refractivity contribution in [3.63, 3.8) is 0 Å². The van der Waals surface area contributed by atoms with E-state index in [-0.39, 0.29) is 11.6 Å². The molecule has 0 atom stereocenters. The van der Waals surface area contributed by atoms with E-state index in [9.17, 15) is 9.59 Å². The highest BCUT2D eigenvalue weighted by Gasteiger charge is 2.11. The molecule has 68 valence electrons. The number of aryl methyl sites for hydroxylation is 1. The molecular weight excluding hydrogens is 188 g/mol. The molecule has 2 rings (SSSR count). The molecule has 0 saturated carbocycles. The normalized spacial score (nSPS) is 10.9. The molecule has 2 aromatic rings. The van der Waals surface area contributed by atoms with E-state index in [2.05, 4.69) is 4.98 Å². The molecule has 0 aliphatic carbocycles. The number of nitrogens with zero attached hydrogens (tertiary/aromatic N) is 1. The van der Waals surface area contributed by atoms with Crippen molar-refractivity contribution in [3.8, 4) is 0 Å². The molecule has 0 aromatic carbocycles. The minimum Gasteiger partial charge on any atom is -0.304 e. The van der Waals surface area contributed by atoms with E-state index < -0.39 is 0 Å². The fourth-order valence-electron chi connectivity index (χ4n) is 1.31. The van der Waals surface area contributed by atoms with Gasteiger partial charge in [-0.25, -0.2) is 9.36 Å². The number of thiophene rings is 1. The van der Waals surface area contributed by atoms with Crippen LogP contribution in [0.5, 0.6) is 0 Å². The Morgan fingerprint density at radius 3 is 2.92 bits per heavy atom. The van der Waals surface area contributed by atoms with Crippen molar-refractivity contribution in [2.75, 3.05) is 0 Å². The van der Waals surface area contributed by atoms with Crippen molar-refractivity contribution in [1.29, 1.82) is 0 Å². The quantitative estimate of drug-likeness (QED) is 0.691. The fraction of sp³-hybridized carbons (Fsp3) is 0.250. The number of H-pyrrole nitrogens is 1. The number of carbonyl (C=O) groups is 1. The van der Waals surface area contributed by atoms with E-state index in [0.717, 1.165) is 15.0 Å². The van der Waals surface area contributed by atoms with Crippen LogP contribution in [0.3, 0.4) is 0 Å². The highest BCUT2D eigenvalue weighted by Crippen LogP contribution is 2.21. The van der Waals surface area contributed by atoms with Crippen molar-refractivity contribution in [1.82, 2.24) is 9.55 Å². The van der Waals surface area contributed by atoms with Crippen LogP contribution in [0, 0.1) is 6.92 Å². The summed E-state index contributed by atoms with van der Waals surface area (Å²) in [4.78, 5) is 26.8. The van der Waals surface area contributed by atoms with Gasteiger partial charge in [0.05, 0.1) is 5.52 Å². The van der Waals surface area contributed by atoms with Gasteiger partial charge in [-0.1, -0.05) is 0 Å². The molecule has 0 amide bonds. The van der Waals surface area contributed by atoms with Crippen LogP contribution >= 0.6 is 11.3 Å². The third-order valence-electron chi connectivity index (χ3n) is 1.80. The minimum absolute atomic E-state index is 0.252. The van der Waals surface area contributed by atoms with Gasteiger partial charge in [0.15, 0.2) is 0 Å². The minimum atomic E-state index is -0.353.